The van der Waals surface area contributed by atoms with Crippen molar-refractivity contribution < 1.29 is 42.1 Å². The van der Waals surface area contributed by atoms with Crippen LogP contribution in [0.5, 0.6) is 0 Å². The van der Waals surface area contributed by atoms with E-state index in [4.69, 9.17) is 0 Å². The Labute approximate surface area is 146 Å². The number of anilines is 1. The zero-order valence-electron chi connectivity index (χ0n) is 11.7. The van der Waals surface area contributed by atoms with E-state index in [1.54, 1.807) is 0 Å². The Morgan fingerprint density at radius 2 is 2.00 bits per heavy atom. The number of rotatable bonds is 0. The van der Waals surface area contributed by atoms with Crippen LogP contribution in [-0.2, 0) is 48.6 Å². The van der Waals surface area contributed by atoms with E-state index >= 15 is 0 Å². The second-order valence-electron chi connectivity index (χ2n) is 5.56. The van der Waals surface area contributed by atoms with Crippen molar-refractivity contribution in [1.82, 2.24) is 4.98 Å². The molecule has 0 atom stereocenters. The van der Waals surface area contributed by atoms with Crippen molar-refractivity contribution in [2.24, 2.45) is 0 Å². The van der Waals surface area contributed by atoms with Crippen molar-refractivity contribution in [3.63, 3.8) is 0 Å². The monoisotopic (exact) mass is 611 g/mol. The van der Waals surface area contributed by atoms with Crippen LogP contribution in [-0.4, -0.2) is 19.6 Å². The van der Waals surface area contributed by atoms with Crippen LogP contribution < -0.4 is 4.90 Å². The maximum absolute atomic E-state index is 4.50. The molecule has 5 heteroatoms. The Hall–Kier alpha value is 0.104. The van der Waals surface area contributed by atoms with Gasteiger partial charge in [-0.1, -0.05) is 25.6 Å². The van der Waals surface area contributed by atoms with Gasteiger partial charge in [0.05, 0.1) is 5.69 Å². The maximum Gasteiger partial charge on any atom is 0.129 e. The maximum atomic E-state index is 4.50. The molecule has 0 amide bonds. The van der Waals surface area contributed by atoms with Crippen molar-refractivity contribution in [3.05, 3.63) is 30.6 Å². The normalized spacial score (nSPS) is 13.4. The van der Waals surface area contributed by atoms with Gasteiger partial charge in [-0.15, -0.1) is 5.54 Å². The molecule has 1 aromatic heterocycles. The van der Waals surface area contributed by atoms with Crippen LogP contribution in [0, 0.1) is 18.5 Å². The predicted molar refractivity (Wildman–Crippen MR) is 75.5 cm³/mol. The summed E-state index contributed by atoms with van der Waals surface area (Å²) in [5.74, 6) is 3.25. The minimum absolute atomic E-state index is 0. The first-order valence-corrected chi connectivity index (χ1v) is 9.56. The molecule has 0 aliphatic carbocycles. The number of fused-ring (bicyclic) bond motifs is 1. The van der Waals surface area contributed by atoms with E-state index in [0.717, 1.165) is 36.3 Å². The predicted octanol–water partition coefficient (Wildman–Crippen LogP) is 2.85. The van der Waals surface area contributed by atoms with E-state index in [2.05, 4.69) is 49.2 Å². The summed E-state index contributed by atoms with van der Waals surface area (Å²) in [5, 5.41) is 0. The van der Waals surface area contributed by atoms with E-state index in [1.165, 1.54) is 0 Å². The smallest absolute Gasteiger partial charge is 0.129 e. The number of nitrogens with zero attached hydrogens (tertiary/aromatic N) is 2. The molecule has 2 nitrogen and oxygen atoms in total. The van der Waals surface area contributed by atoms with Crippen LogP contribution in [0.4, 0.5) is 5.69 Å². The van der Waals surface area contributed by atoms with Gasteiger partial charge in [-0.25, -0.2) is 0 Å². The number of aryl methyl sites for hydroxylation is 1. The Morgan fingerprint density at radius 3 is 2.63 bits per heavy atom. The molecule has 0 fully saturated rings. The molecule has 0 aromatic carbocycles. The quantitative estimate of drug-likeness (QED) is 0.255. The Morgan fingerprint density at radius 1 is 1.32 bits per heavy atom. The fourth-order valence-electron chi connectivity index (χ4n) is 1.83. The summed E-state index contributed by atoms with van der Waals surface area (Å²) in [4.78, 5) is 6.53. The third-order valence-corrected chi connectivity index (χ3v) is 3.59. The van der Waals surface area contributed by atoms with Crippen LogP contribution in [0.2, 0.25) is 19.6 Å². The Balaban J connectivity index is 0.00000162. The average molecular weight is 611 g/mol. The molecule has 0 saturated heterocycles. The molecular weight excluding hydrogens is 592 g/mol. The van der Waals surface area contributed by atoms with E-state index in [0.29, 0.717) is 0 Å². The molecule has 2 heterocycles. The molecule has 0 radical (unpaired) electrons. The van der Waals surface area contributed by atoms with E-state index in [-0.39, 0.29) is 42.1 Å². The van der Waals surface area contributed by atoms with Gasteiger partial charge in [-0.2, -0.15) is 0 Å². The molecule has 0 N–H and O–H groups in total. The summed E-state index contributed by atoms with van der Waals surface area (Å²) in [6, 6.07) is 2.13. The third kappa shape index (κ3) is 5.54. The van der Waals surface area contributed by atoms with E-state index < -0.39 is 8.07 Å². The van der Waals surface area contributed by atoms with E-state index in [9.17, 15) is 0 Å². The van der Waals surface area contributed by atoms with Gasteiger partial charge in [-0.05, 0) is 25.5 Å². The van der Waals surface area contributed by atoms with Gasteiger partial charge < -0.3 is 4.90 Å². The summed E-state index contributed by atoms with van der Waals surface area (Å²) < 4.78 is 0. The molecular formula is C14H19N2SiW2-. The van der Waals surface area contributed by atoms with Gasteiger partial charge in [0.25, 0.3) is 0 Å². The second kappa shape index (κ2) is 7.77. The van der Waals surface area contributed by atoms with Gasteiger partial charge in [0.1, 0.15) is 8.07 Å². The minimum Gasteiger partial charge on any atom is -0.524 e. The minimum atomic E-state index is -1.31. The first-order valence-electron chi connectivity index (χ1n) is 6.06. The number of pyridine rings is 1. The first kappa shape index (κ1) is 19.1. The van der Waals surface area contributed by atoms with Crippen molar-refractivity contribution >= 4 is 13.8 Å². The standard InChI is InChI=1S/C14H19N2Si.2W/c1-16-8-5-6-13-14(16)10-12(11-15-13)7-9-17(2,3)4;;/h10-11H,1,5-6,8H2,2-4H3;;/q-1;;. The Bertz CT molecular complexity index is 486. The molecule has 2 rings (SSSR count). The first-order chi connectivity index (χ1) is 7.96. The van der Waals surface area contributed by atoms with Gasteiger partial charge in [0, 0.05) is 59.6 Å². The molecule has 102 valence electrons. The molecule has 1 aliphatic heterocycles. The zero-order valence-corrected chi connectivity index (χ0v) is 18.6. The average Bonchev–Trinajstić information content (AvgIpc) is 2.26. The largest absolute Gasteiger partial charge is 0.524 e. The molecule has 0 saturated carbocycles. The van der Waals surface area contributed by atoms with Crippen molar-refractivity contribution in [1.29, 1.82) is 0 Å². The van der Waals surface area contributed by atoms with Crippen molar-refractivity contribution in [2.45, 2.75) is 32.5 Å². The van der Waals surface area contributed by atoms with Crippen LogP contribution in [0.1, 0.15) is 17.7 Å². The zero-order chi connectivity index (χ0) is 12.5. The summed E-state index contributed by atoms with van der Waals surface area (Å²) in [6.07, 6.45) is 4.09. The number of aromatic nitrogens is 1. The fraction of sp³-hybridized carbons (Fsp3) is 0.429. The summed E-state index contributed by atoms with van der Waals surface area (Å²) in [7, 11) is 2.73. The molecule has 0 unspecified atom stereocenters. The SMILES string of the molecule is [CH2-]N1CCCc2ncc(C#C[Si](C)(C)C)cc21.[W].[W]. The fourth-order valence-corrected chi connectivity index (χ4v) is 2.35. The topological polar surface area (TPSA) is 16.1 Å². The van der Waals surface area contributed by atoms with Gasteiger partial charge in [0.15, 0.2) is 0 Å². The van der Waals surface area contributed by atoms with Crippen LogP contribution >= 0.6 is 0 Å². The van der Waals surface area contributed by atoms with Crippen LogP contribution in [0.15, 0.2) is 12.3 Å². The summed E-state index contributed by atoms with van der Waals surface area (Å²) in [6.45, 7) is 7.76. The van der Waals surface area contributed by atoms with Crippen molar-refractivity contribution in [3.8, 4) is 11.5 Å². The van der Waals surface area contributed by atoms with Crippen LogP contribution in [0.25, 0.3) is 0 Å². The van der Waals surface area contributed by atoms with Crippen LogP contribution in [0.3, 0.4) is 0 Å². The van der Waals surface area contributed by atoms with Crippen molar-refractivity contribution in [2.75, 3.05) is 11.4 Å². The second-order valence-corrected chi connectivity index (χ2v) is 10.3. The number of hydrogen-bond acceptors (Lipinski definition) is 2. The molecule has 1 aliphatic rings. The van der Waals surface area contributed by atoms with Gasteiger partial charge in [-0.3, -0.25) is 12.0 Å². The molecule has 0 spiro atoms. The van der Waals surface area contributed by atoms with Gasteiger partial charge in [0.2, 0.25) is 0 Å². The molecule has 0 bridgehead atoms. The molecule has 19 heavy (non-hydrogen) atoms. The van der Waals surface area contributed by atoms with E-state index in [1.807, 2.05) is 11.1 Å². The Kier molecular flexibility index (Phi) is 7.81. The third-order valence-electron chi connectivity index (χ3n) is 2.71. The summed E-state index contributed by atoms with van der Waals surface area (Å²) >= 11 is 0. The summed E-state index contributed by atoms with van der Waals surface area (Å²) in [5.41, 5.74) is 6.69. The van der Waals surface area contributed by atoms with Gasteiger partial charge >= 0.3 is 0 Å². The number of hydrogen-bond donors (Lipinski definition) is 0. The molecule has 1 aromatic rings.